The largest absolute Gasteiger partial charge is 0.337 e. The monoisotopic (exact) mass is 304 g/mol. The Morgan fingerprint density at radius 1 is 1.42 bits per heavy atom. The average Bonchev–Trinajstić information content (AvgIpc) is 2.35. The molecule has 1 aromatic rings. The maximum absolute atomic E-state index is 12.0. The molecule has 0 aromatic heterocycles. The summed E-state index contributed by atoms with van der Waals surface area (Å²) in [5.41, 5.74) is 6.64. The number of unbranched alkanes of at least 4 members (excludes halogenated alkanes) is 1. The van der Waals surface area contributed by atoms with Crippen molar-refractivity contribution >= 4 is 29.9 Å². The summed E-state index contributed by atoms with van der Waals surface area (Å²) in [5.74, 6) is -0.0247. The van der Waals surface area contributed by atoms with Crippen LogP contribution in [0.15, 0.2) is 24.3 Å². The summed E-state index contributed by atoms with van der Waals surface area (Å²) in [6.07, 6.45) is 2.02. The fraction of sp³-hybridized carbons (Fsp3) is 0.500. The molecule has 0 saturated heterocycles. The SMILES string of the molecule is CCCCN(Cc1ccccc1Cl)C(=O)[C@H](C)N.Cl. The summed E-state index contributed by atoms with van der Waals surface area (Å²) in [6.45, 7) is 5.07. The Labute approximate surface area is 126 Å². The highest BCUT2D eigenvalue weighted by molar-refractivity contribution is 6.31. The van der Waals surface area contributed by atoms with E-state index in [4.69, 9.17) is 17.3 Å². The van der Waals surface area contributed by atoms with E-state index in [2.05, 4.69) is 6.92 Å². The van der Waals surface area contributed by atoms with E-state index in [0.717, 1.165) is 24.9 Å². The summed E-state index contributed by atoms with van der Waals surface area (Å²) < 4.78 is 0. The highest BCUT2D eigenvalue weighted by Crippen LogP contribution is 2.17. The Morgan fingerprint density at radius 3 is 2.58 bits per heavy atom. The van der Waals surface area contributed by atoms with Crippen molar-refractivity contribution in [1.82, 2.24) is 4.90 Å². The van der Waals surface area contributed by atoms with Gasteiger partial charge in [-0.2, -0.15) is 0 Å². The lowest BCUT2D eigenvalue weighted by molar-refractivity contribution is -0.132. The lowest BCUT2D eigenvalue weighted by atomic mass is 10.2. The third-order valence-corrected chi connectivity index (χ3v) is 3.17. The fourth-order valence-electron chi connectivity index (χ4n) is 1.74. The predicted octanol–water partition coefficient (Wildman–Crippen LogP) is 3.24. The van der Waals surface area contributed by atoms with Crippen molar-refractivity contribution < 1.29 is 4.79 Å². The van der Waals surface area contributed by atoms with Gasteiger partial charge in [-0.1, -0.05) is 43.1 Å². The molecule has 1 aromatic carbocycles. The summed E-state index contributed by atoms with van der Waals surface area (Å²) >= 11 is 6.12. The van der Waals surface area contributed by atoms with Crippen LogP contribution >= 0.6 is 24.0 Å². The number of nitrogens with zero attached hydrogens (tertiary/aromatic N) is 1. The van der Waals surface area contributed by atoms with Gasteiger partial charge >= 0.3 is 0 Å². The number of carbonyl (C=O) groups is 1. The third-order valence-electron chi connectivity index (χ3n) is 2.80. The van der Waals surface area contributed by atoms with Crippen LogP contribution in [0.1, 0.15) is 32.3 Å². The van der Waals surface area contributed by atoms with E-state index in [9.17, 15) is 4.79 Å². The van der Waals surface area contributed by atoms with Crippen molar-refractivity contribution in [3.63, 3.8) is 0 Å². The van der Waals surface area contributed by atoms with Gasteiger partial charge in [-0.3, -0.25) is 4.79 Å². The Bertz CT molecular complexity index is 397. The zero-order valence-corrected chi connectivity index (χ0v) is 13.0. The molecule has 5 heteroatoms. The average molecular weight is 305 g/mol. The fourth-order valence-corrected chi connectivity index (χ4v) is 1.93. The number of hydrogen-bond acceptors (Lipinski definition) is 2. The number of carbonyl (C=O) groups excluding carboxylic acids is 1. The Balaban J connectivity index is 0.00000324. The smallest absolute Gasteiger partial charge is 0.239 e. The Kier molecular flexibility index (Phi) is 8.81. The molecule has 1 atom stereocenters. The topological polar surface area (TPSA) is 46.3 Å². The number of amides is 1. The van der Waals surface area contributed by atoms with Gasteiger partial charge in [-0.15, -0.1) is 12.4 Å². The molecule has 0 heterocycles. The van der Waals surface area contributed by atoms with Crippen LogP contribution in [0.4, 0.5) is 0 Å². The molecule has 108 valence electrons. The minimum atomic E-state index is -0.468. The van der Waals surface area contributed by atoms with Crippen molar-refractivity contribution in [2.24, 2.45) is 5.73 Å². The maximum Gasteiger partial charge on any atom is 0.239 e. The number of rotatable bonds is 6. The predicted molar refractivity (Wildman–Crippen MR) is 82.7 cm³/mol. The van der Waals surface area contributed by atoms with Gasteiger partial charge in [-0.25, -0.2) is 0 Å². The lowest BCUT2D eigenvalue weighted by Gasteiger charge is -2.25. The highest BCUT2D eigenvalue weighted by Gasteiger charge is 2.17. The van der Waals surface area contributed by atoms with Crippen LogP contribution in [0.25, 0.3) is 0 Å². The first kappa shape index (κ1) is 18.2. The van der Waals surface area contributed by atoms with Gasteiger partial charge in [0.1, 0.15) is 0 Å². The zero-order chi connectivity index (χ0) is 13.5. The molecular weight excluding hydrogens is 283 g/mol. The van der Waals surface area contributed by atoms with Gasteiger partial charge in [0.25, 0.3) is 0 Å². The second kappa shape index (κ2) is 9.18. The van der Waals surface area contributed by atoms with Crippen LogP contribution in [0.5, 0.6) is 0 Å². The van der Waals surface area contributed by atoms with Crippen LogP contribution in [0, 0.1) is 0 Å². The summed E-state index contributed by atoms with van der Waals surface area (Å²) in [7, 11) is 0. The van der Waals surface area contributed by atoms with Crippen LogP contribution in [-0.4, -0.2) is 23.4 Å². The molecule has 1 rings (SSSR count). The lowest BCUT2D eigenvalue weighted by Crippen LogP contribution is -2.42. The van der Waals surface area contributed by atoms with E-state index in [1.807, 2.05) is 24.3 Å². The van der Waals surface area contributed by atoms with Crippen molar-refractivity contribution in [2.75, 3.05) is 6.54 Å². The van der Waals surface area contributed by atoms with E-state index in [1.54, 1.807) is 11.8 Å². The van der Waals surface area contributed by atoms with Gasteiger partial charge in [0.05, 0.1) is 6.04 Å². The summed E-state index contributed by atoms with van der Waals surface area (Å²) in [4.78, 5) is 13.8. The van der Waals surface area contributed by atoms with Gasteiger partial charge in [-0.05, 0) is 25.0 Å². The molecule has 0 aliphatic heterocycles. The number of benzene rings is 1. The first-order valence-corrected chi connectivity index (χ1v) is 6.71. The molecule has 0 unspecified atom stereocenters. The molecule has 0 radical (unpaired) electrons. The van der Waals surface area contributed by atoms with E-state index in [1.165, 1.54) is 0 Å². The van der Waals surface area contributed by atoms with Crippen molar-refractivity contribution in [2.45, 2.75) is 39.3 Å². The first-order chi connectivity index (χ1) is 8.56. The van der Waals surface area contributed by atoms with Crippen LogP contribution < -0.4 is 5.73 Å². The minimum Gasteiger partial charge on any atom is -0.337 e. The first-order valence-electron chi connectivity index (χ1n) is 6.34. The molecule has 0 saturated carbocycles. The highest BCUT2D eigenvalue weighted by atomic mass is 35.5. The molecule has 0 bridgehead atoms. The normalized spacial score (nSPS) is 11.6. The molecule has 0 fully saturated rings. The molecule has 2 N–H and O–H groups in total. The van der Waals surface area contributed by atoms with Crippen molar-refractivity contribution in [3.8, 4) is 0 Å². The number of nitrogens with two attached hydrogens (primary N) is 1. The Morgan fingerprint density at radius 2 is 2.05 bits per heavy atom. The quantitative estimate of drug-likeness (QED) is 0.877. The summed E-state index contributed by atoms with van der Waals surface area (Å²) in [5, 5.41) is 0.691. The van der Waals surface area contributed by atoms with Gasteiger partial charge in [0.2, 0.25) is 5.91 Å². The second-order valence-electron chi connectivity index (χ2n) is 4.49. The van der Waals surface area contributed by atoms with E-state index >= 15 is 0 Å². The number of hydrogen-bond donors (Lipinski definition) is 1. The van der Waals surface area contributed by atoms with E-state index in [0.29, 0.717) is 11.6 Å². The minimum absolute atomic E-state index is 0. The molecule has 0 spiro atoms. The number of halogens is 2. The van der Waals surface area contributed by atoms with Crippen molar-refractivity contribution in [1.29, 1.82) is 0 Å². The van der Waals surface area contributed by atoms with Crippen LogP contribution in [0.3, 0.4) is 0 Å². The third kappa shape index (κ3) is 5.81. The van der Waals surface area contributed by atoms with E-state index in [-0.39, 0.29) is 18.3 Å². The molecule has 19 heavy (non-hydrogen) atoms. The second-order valence-corrected chi connectivity index (χ2v) is 4.90. The van der Waals surface area contributed by atoms with Gasteiger partial charge < -0.3 is 10.6 Å². The molecule has 0 aliphatic rings. The maximum atomic E-state index is 12.0. The molecule has 3 nitrogen and oxygen atoms in total. The zero-order valence-electron chi connectivity index (χ0n) is 11.4. The van der Waals surface area contributed by atoms with Crippen LogP contribution in [-0.2, 0) is 11.3 Å². The van der Waals surface area contributed by atoms with E-state index < -0.39 is 6.04 Å². The molecule has 0 aliphatic carbocycles. The van der Waals surface area contributed by atoms with Gasteiger partial charge in [0.15, 0.2) is 0 Å². The molecular formula is C14H22Cl2N2O. The van der Waals surface area contributed by atoms with Crippen molar-refractivity contribution in [3.05, 3.63) is 34.9 Å². The molecule has 1 amide bonds. The van der Waals surface area contributed by atoms with Gasteiger partial charge in [0, 0.05) is 18.1 Å². The van der Waals surface area contributed by atoms with Crippen LogP contribution in [0.2, 0.25) is 5.02 Å². The summed E-state index contributed by atoms with van der Waals surface area (Å²) in [6, 6.07) is 7.12. The standard InChI is InChI=1S/C14H21ClN2O.ClH/c1-3-4-9-17(14(18)11(2)16)10-12-7-5-6-8-13(12)15;/h5-8,11H,3-4,9-10,16H2,1-2H3;1H/t11-;/m0./s1. The Hall–Kier alpha value is -0.770.